The van der Waals surface area contributed by atoms with Crippen molar-refractivity contribution in [3.05, 3.63) is 343 Å². The molecular weight excluding hydrogens is 1480 g/mol. The van der Waals surface area contributed by atoms with Crippen LogP contribution in [0.15, 0.2) is 343 Å². The van der Waals surface area contributed by atoms with Crippen molar-refractivity contribution >= 4 is 267 Å². The second kappa shape index (κ2) is 28.0. The summed E-state index contributed by atoms with van der Waals surface area (Å²) in [6.45, 7) is 0.568. The van der Waals surface area contributed by atoms with E-state index in [0.717, 1.165) is 42.0 Å². The van der Waals surface area contributed by atoms with Crippen LogP contribution in [0.1, 0.15) is 22.3 Å². The van der Waals surface area contributed by atoms with E-state index in [1.807, 2.05) is 0 Å². The summed E-state index contributed by atoms with van der Waals surface area (Å²) in [6, 6.07) is 122. The quantitative estimate of drug-likeness (QED) is 0.124. The number of nitrogens with one attached hydrogen (secondary N) is 4. The molecule has 0 saturated heterocycles. The summed E-state index contributed by atoms with van der Waals surface area (Å²) in [5.74, 6) is 0. The van der Waals surface area contributed by atoms with Crippen LogP contribution in [0.25, 0.3) is 87.2 Å². The first-order valence-corrected chi connectivity index (χ1v) is 38.0. The number of hydrogen-bond donors (Lipinski definition) is 4. The summed E-state index contributed by atoms with van der Waals surface area (Å²) in [5.41, 5.74) is 32.8. The normalized spacial score (nSPS) is 12.5. The number of para-hydroxylation sites is 4. The third-order valence-electron chi connectivity index (χ3n) is 22.4. The molecule has 19 aromatic rings. The summed E-state index contributed by atoms with van der Waals surface area (Å²) in [7, 11) is 0. The lowest BCUT2D eigenvalue weighted by Gasteiger charge is -2.34. The molecule has 0 amide bonds. The van der Waals surface area contributed by atoms with Crippen LogP contribution in [0.5, 0.6) is 0 Å². The summed E-state index contributed by atoms with van der Waals surface area (Å²) < 4.78 is 2.21. The summed E-state index contributed by atoms with van der Waals surface area (Å²) in [6.07, 6.45) is 0. The summed E-state index contributed by atoms with van der Waals surface area (Å²) >= 11 is 11.5. The van der Waals surface area contributed by atoms with Crippen LogP contribution in [0.3, 0.4) is 0 Å². The average molecular weight is 1550 g/mol. The van der Waals surface area contributed by atoms with Gasteiger partial charge in [-0.2, -0.15) is 0 Å². The Hall–Kier alpha value is -10.7. The van der Waals surface area contributed by atoms with E-state index in [1.165, 1.54) is 147 Å². The van der Waals surface area contributed by atoms with Gasteiger partial charge in [-0.3, -0.25) is 0 Å². The molecule has 0 aliphatic carbocycles. The highest BCUT2D eigenvalue weighted by atomic mass is 79.9. The van der Waals surface area contributed by atoms with E-state index in [1.54, 1.807) is 0 Å². The Kier molecular flexibility index (Phi) is 18.1. The van der Waals surface area contributed by atoms with Crippen molar-refractivity contribution < 1.29 is 0 Å². The highest BCUT2D eigenvalue weighted by Crippen LogP contribution is 2.45. The maximum absolute atomic E-state index is 4.14. The van der Waals surface area contributed by atoms with Crippen LogP contribution >= 0.6 is 47.6 Å². The van der Waals surface area contributed by atoms with Gasteiger partial charge < -0.3 is 19.9 Å². The van der Waals surface area contributed by atoms with E-state index >= 15 is 0 Å². The molecule has 13 heteroatoms. The number of halogens is 3. The molecule has 502 valence electrons. The Bertz CT molecular complexity index is 6100. The van der Waals surface area contributed by atoms with Gasteiger partial charge in [0.25, 0.3) is 5.54 Å². The number of hydrogen-bond acceptors (Lipinski definition) is 0. The number of rotatable bonds is 5. The van der Waals surface area contributed by atoms with E-state index in [9.17, 15) is 0 Å². The second-order valence-corrected chi connectivity index (χ2v) is 30.2. The maximum Gasteiger partial charge on any atom is 0.286 e. The van der Waals surface area contributed by atoms with Crippen molar-refractivity contribution in [2.24, 2.45) is 0 Å². The number of fused-ring (bicyclic) bond motifs is 18. The van der Waals surface area contributed by atoms with Crippen LogP contribution in [-0.2, 0) is 0 Å². The molecule has 0 atom stereocenters. The lowest BCUT2D eigenvalue weighted by molar-refractivity contribution is 1.52. The topological polar surface area (TPSA) is 63.2 Å². The Morgan fingerprint density at radius 3 is 0.670 bits per heavy atom. The molecule has 0 spiro atoms. The van der Waals surface area contributed by atoms with E-state index < -0.39 is 0 Å². The molecule has 4 aromatic heterocycles. The predicted octanol–water partition coefficient (Wildman–Crippen LogP) is 13.1. The molecule has 3 aliphatic rings. The fraction of sp³-hybridized carbons (Fsp3) is 0.0323. The number of aromatic nitrogens is 4. The zero-order valence-electron chi connectivity index (χ0n) is 55.9. The van der Waals surface area contributed by atoms with Gasteiger partial charge in [0, 0.05) is 76.2 Å². The van der Waals surface area contributed by atoms with Crippen LogP contribution < -0.4 is 92.9 Å². The molecule has 0 saturated carbocycles. The van der Waals surface area contributed by atoms with Gasteiger partial charge >= 0.3 is 0 Å². The number of H-pyrrole nitrogens is 4. The van der Waals surface area contributed by atoms with E-state index in [0.29, 0.717) is 6.71 Å². The van der Waals surface area contributed by atoms with Gasteiger partial charge in [0.1, 0.15) is 0 Å². The van der Waals surface area contributed by atoms with Crippen LogP contribution in [0.2, 0.25) is 0 Å². The van der Waals surface area contributed by atoms with Gasteiger partial charge in [-0.1, -0.05) is 414 Å². The third-order valence-corrected chi connectivity index (χ3v) is 25.0. The van der Waals surface area contributed by atoms with Crippen LogP contribution in [-0.4, -0.2) is 59.0 Å². The summed E-state index contributed by atoms with van der Waals surface area (Å²) in [4.78, 5) is 15.4. The lowest BCUT2D eigenvalue weighted by atomic mass is 9.20. The minimum atomic E-state index is -0.0166. The number of aromatic amines is 4. The standard InChI is InChI=1S/C54H36B4N2.C18H13B2Br.C18H10Br2N2.3CH4/c1-3-19-35(20-4-1)55-39-25-9-13-29-43(39)57(44-30-14-10-26-40(44)55)51-49-37-23-7-17-33-47(37)60-54(49)52(50-38-24-8-18-34-48(38)59-53(50)51)58-45-31-15-11-27-41(45)56(36-21-5-2-6-22-36)42-28-12-16-32-46(42)58;21-20-17-12-6-4-10-15(17)19(14-8-2-1-3-9-14)16-11-5-7-13-18(16)20;19-15-13-9-5-1-3-7-11(9)21-17(13)16(20)14-10-6-2-4-8-12(10)22-18(14)15;;;/h1-34,59-60H;1-13H;1-8,21-22H;3*1H4. The van der Waals surface area contributed by atoms with Gasteiger partial charge in [-0.15, -0.1) is 15.8 Å². The van der Waals surface area contributed by atoms with Crippen LogP contribution in [0, 0.1) is 0 Å². The fourth-order valence-electron chi connectivity index (χ4n) is 18.2. The number of benzene rings is 15. The van der Waals surface area contributed by atoms with Gasteiger partial charge in [0.15, 0.2) is 0 Å². The molecule has 7 heterocycles. The van der Waals surface area contributed by atoms with Crippen molar-refractivity contribution in [3.63, 3.8) is 0 Å². The van der Waals surface area contributed by atoms with Gasteiger partial charge in [-0.25, -0.2) is 0 Å². The minimum absolute atomic E-state index is 0. The largest absolute Gasteiger partial charge is 0.355 e. The van der Waals surface area contributed by atoms with Crippen LogP contribution in [0.4, 0.5) is 0 Å². The first-order chi connectivity index (χ1) is 50.9. The molecule has 106 heavy (non-hydrogen) atoms. The van der Waals surface area contributed by atoms with Crippen molar-refractivity contribution in [3.8, 4) is 0 Å². The van der Waals surface area contributed by atoms with E-state index in [-0.39, 0.29) is 54.7 Å². The molecule has 22 rings (SSSR count). The highest BCUT2D eigenvalue weighted by Gasteiger charge is 2.45. The Balaban J connectivity index is 0.000000146. The van der Waals surface area contributed by atoms with Gasteiger partial charge in [0.05, 0.1) is 20.0 Å². The molecule has 0 bridgehead atoms. The maximum atomic E-state index is 4.14. The Morgan fingerprint density at radius 2 is 0.396 bits per heavy atom. The Morgan fingerprint density at radius 1 is 0.198 bits per heavy atom. The SMILES string of the molecule is BrB1c2ccccc2B(c2ccccc2)c2ccccc21.Brc1c2[nH]c3ccccc3c2c(Br)c2[nH]c3ccccc3c12.C.C.C.c1ccc(B2c3ccccc3B(c3c4[nH]c5ccccc5c4c(B4c5ccccc5B(c5ccccc5)c5ccccc54)c4[nH]c5ccccc5c34)c3ccccc32)cc1. The highest BCUT2D eigenvalue weighted by molar-refractivity contribution is 9.25. The molecule has 4 nitrogen and oxygen atoms in total. The average Bonchev–Trinajstić information content (AvgIpc) is 1.37. The zero-order valence-corrected chi connectivity index (χ0v) is 60.6. The van der Waals surface area contributed by atoms with E-state index in [4.69, 9.17) is 0 Å². The van der Waals surface area contributed by atoms with Gasteiger partial charge in [0.2, 0.25) is 33.6 Å². The zero-order chi connectivity index (χ0) is 68.4. The molecule has 0 radical (unpaired) electrons. The van der Waals surface area contributed by atoms with Crippen molar-refractivity contribution in [2.45, 2.75) is 22.3 Å². The van der Waals surface area contributed by atoms with Crippen molar-refractivity contribution in [1.82, 2.24) is 19.9 Å². The van der Waals surface area contributed by atoms with Crippen molar-refractivity contribution in [2.75, 3.05) is 0 Å². The van der Waals surface area contributed by atoms with Gasteiger partial charge in [-0.05, 0) is 67.1 Å². The fourth-order valence-corrected chi connectivity index (χ4v) is 20.4. The monoisotopic (exact) mass is 1550 g/mol. The third kappa shape index (κ3) is 10.8. The Labute approximate surface area is 646 Å². The first kappa shape index (κ1) is 68.4. The molecule has 0 unspecified atom stereocenters. The molecule has 15 aromatic carbocycles. The molecule has 3 aliphatic heterocycles. The molecule has 4 N–H and O–H groups in total. The van der Waals surface area contributed by atoms with Crippen molar-refractivity contribution in [1.29, 1.82) is 0 Å². The smallest absolute Gasteiger partial charge is 0.286 e. The second-order valence-electron chi connectivity index (χ2n) is 27.7. The first-order valence-electron chi connectivity index (χ1n) is 35.5. The molecular formula is C93H71B6Br3N4. The lowest BCUT2D eigenvalue weighted by Crippen LogP contribution is -2.75. The molecule has 0 fully saturated rings. The minimum Gasteiger partial charge on any atom is -0.355 e. The predicted molar refractivity (Wildman–Crippen MR) is 481 cm³/mol. The van der Waals surface area contributed by atoms with E-state index in [2.05, 4.69) is 401 Å². The summed E-state index contributed by atoms with van der Waals surface area (Å²) in [5, 5.41) is 9.98.